The molecule has 0 aliphatic rings. The summed E-state index contributed by atoms with van der Waals surface area (Å²) in [5.74, 6) is 0. The molecule has 0 aliphatic heterocycles. The van der Waals surface area contributed by atoms with Crippen LogP contribution in [-0.4, -0.2) is 0 Å². The standard InChI is InChI=1S/C16H27O/c1-3-5-7-9-11-15-13-17-14-16(15)12-10-8-6-4-2/h13H,3-12H2,1-2H3. The van der Waals surface area contributed by atoms with Crippen molar-refractivity contribution < 1.29 is 4.42 Å². The molecule has 0 aromatic carbocycles. The van der Waals surface area contributed by atoms with Crippen molar-refractivity contribution in [3.63, 3.8) is 0 Å². The molecule has 1 nitrogen and oxygen atoms in total. The van der Waals surface area contributed by atoms with Crippen LogP contribution in [0.15, 0.2) is 10.7 Å². The van der Waals surface area contributed by atoms with Crippen LogP contribution in [-0.2, 0) is 12.8 Å². The van der Waals surface area contributed by atoms with E-state index in [1.54, 1.807) is 0 Å². The largest absolute Gasteiger partial charge is 0.460 e. The topological polar surface area (TPSA) is 13.1 Å². The maximum Gasteiger partial charge on any atom is 0.172 e. The Morgan fingerprint density at radius 3 is 2.18 bits per heavy atom. The predicted octanol–water partition coefficient (Wildman–Crippen LogP) is 5.33. The van der Waals surface area contributed by atoms with Gasteiger partial charge in [0.1, 0.15) is 0 Å². The second kappa shape index (κ2) is 9.32. The van der Waals surface area contributed by atoms with Gasteiger partial charge in [-0.25, -0.2) is 0 Å². The molecule has 0 aliphatic carbocycles. The molecule has 0 spiro atoms. The maximum atomic E-state index is 5.23. The highest BCUT2D eigenvalue weighted by Crippen LogP contribution is 2.17. The van der Waals surface area contributed by atoms with Crippen molar-refractivity contribution in [2.75, 3.05) is 0 Å². The number of aryl methyl sites for hydroxylation is 2. The Morgan fingerprint density at radius 1 is 0.882 bits per heavy atom. The molecule has 1 heteroatoms. The summed E-state index contributed by atoms with van der Waals surface area (Å²) in [7, 11) is 0. The van der Waals surface area contributed by atoms with Gasteiger partial charge in [0.15, 0.2) is 6.26 Å². The van der Waals surface area contributed by atoms with Gasteiger partial charge >= 0.3 is 0 Å². The average molecular weight is 235 g/mol. The summed E-state index contributed by atoms with van der Waals surface area (Å²) in [6.45, 7) is 4.51. The molecule has 0 N–H and O–H groups in total. The van der Waals surface area contributed by atoms with Gasteiger partial charge in [-0.2, -0.15) is 0 Å². The Bertz CT molecular complexity index is 248. The fourth-order valence-electron chi connectivity index (χ4n) is 2.20. The van der Waals surface area contributed by atoms with E-state index in [1.165, 1.54) is 68.9 Å². The monoisotopic (exact) mass is 235 g/mol. The van der Waals surface area contributed by atoms with E-state index in [4.69, 9.17) is 4.42 Å². The van der Waals surface area contributed by atoms with Crippen LogP contribution >= 0.6 is 0 Å². The second-order valence-electron chi connectivity index (χ2n) is 4.96. The summed E-state index contributed by atoms with van der Waals surface area (Å²) >= 11 is 0. The fraction of sp³-hybridized carbons (Fsp3) is 0.750. The highest BCUT2D eigenvalue weighted by atomic mass is 16.3. The molecule has 0 fully saturated rings. The number of unbranched alkanes of at least 4 members (excludes halogenated alkanes) is 6. The van der Waals surface area contributed by atoms with Gasteiger partial charge in [0.25, 0.3) is 0 Å². The number of hydrogen-bond donors (Lipinski definition) is 0. The molecule has 1 aromatic rings. The smallest absolute Gasteiger partial charge is 0.172 e. The van der Waals surface area contributed by atoms with Crippen LogP contribution < -0.4 is 0 Å². The molecule has 0 atom stereocenters. The Hall–Kier alpha value is -0.720. The number of furan rings is 1. The first-order valence-corrected chi connectivity index (χ1v) is 7.35. The molecule has 1 radical (unpaired) electrons. The third kappa shape index (κ3) is 5.95. The van der Waals surface area contributed by atoms with Gasteiger partial charge in [-0.15, -0.1) is 0 Å². The highest BCUT2D eigenvalue weighted by Gasteiger charge is 2.05. The third-order valence-electron chi connectivity index (χ3n) is 3.35. The van der Waals surface area contributed by atoms with Crippen molar-refractivity contribution in [2.45, 2.75) is 78.1 Å². The maximum absolute atomic E-state index is 5.23. The molecule has 0 unspecified atom stereocenters. The van der Waals surface area contributed by atoms with Crippen molar-refractivity contribution in [3.05, 3.63) is 23.7 Å². The zero-order chi connectivity index (χ0) is 12.3. The van der Waals surface area contributed by atoms with Crippen LogP contribution in [0.5, 0.6) is 0 Å². The van der Waals surface area contributed by atoms with Crippen molar-refractivity contribution in [2.24, 2.45) is 0 Å². The summed E-state index contributed by atoms with van der Waals surface area (Å²) in [4.78, 5) is 0. The second-order valence-corrected chi connectivity index (χ2v) is 4.96. The van der Waals surface area contributed by atoms with E-state index >= 15 is 0 Å². The van der Waals surface area contributed by atoms with Gasteiger partial charge < -0.3 is 4.42 Å². The van der Waals surface area contributed by atoms with Gasteiger partial charge in [0, 0.05) is 5.56 Å². The van der Waals surface area contributed by atoms with Gasteiger partial charge in [-0.3, -0.25) is 0 Å². The minimum Gasteiger partial charge on any atom is -0.460 e. The van der Waals surface area contributed by atoms with Crippen molar-refractivity contribution >= 4 is 0 Å². The lowest BCUT2D eigenvalue weighted by Gasteiger charge is -2.02. The van der Waals surface area contributed by atoms with Gasteiger partial charge in [-0.1, -0.05) is 52.4 Å². The first-order chi connectivity index (χ1) is 8.38. The van der Waals surface area contributed by atoms with E-state index in [2.05, 4.69) is 20.1 Å². The van der Waals surface area contributed by atoms with Crippen LogP contribution in [0.25, 0.3) is 0 Å². The molecular weight excluding hydrogens is 208 g/mol. The lowest BCUT2D eigenvalue weighted by atomic mass is 10.0. The zero-order valence-corrected chi connectivity index (χ0v) is 11.6. The minimum atomic E-state index is 1.15. The van der Waals surface area contributed by atoms with Crippen LogP contribution in [0.4, 0.5) is 0 Å². The fourth-order valence-corrected chi connectivity index (χ4v) is 2.20. The molecule has 17 heavy (non-hydrogen) atoms. The molecule has 0 saturated heterocycles. The van der Waals surface area contributed by atoms with Crippen LogP contribution in [0.3, 0.4) is 0 Å². The lowest BCUT2D eigenvalue weighted by molar-refractivity contribution is 0.549. The van der Waals surface area contributed by atoms with E-state index in [9.17, 15) is 0 Å². The van der Waals surface area contributed by atoms with Gasteiger partial charge in [0.05, 0.1) is 6.26 Å². The van der Waals surface area contributed by atoms with Gasteiger partial charge in [0.2, 0.25) is 0 Å². The minimum absolute atomic E-state index is 1.15. The first kappa shape index (κ1) is 14.3. The van der Waals surface area contributed by atoms with Crippen molar-refractivity contribution in [3.8, 4) is 0 Å². The Balaban J connectivity index is 2.22. The Kier molecular flexibility index (Phi) is 7.87. The molecule has 0 bridgehead atoms. The summed E-state index contributed by atoms with van der Waals surface area (Å²) in [6, 6.07) is 0. The molecule has 0 saturated carbocycles. The summed E-state index contributed by atoms with van der Waals surface area (Å²) in [5, 5.41) is 0. The van der Waals surface area contributed by atoms with E-state index < -0.39 is 0 Å². The first-order valence-electron chi connectivity index (χ1n) is 7.35. The van der Waals surface area contributed by atoms with E-state index in [1.807, 2.05) is 6.26 Å². The van der Waals surface area contributed by atoms with Crippen LogP contribution in [0, 0.1) is 6.26 Å². The predicted molar refractivity (Wildman–Crippen MR) is 73.2 cm³/mol. The SMILES string of the molecule is CCCCCCc1[c]occ1CCCCCC. The molecule has 1 heterocycles. The van der Waals surface area contributed by atoms with Crippen LogP contribution in [0.1, 0.15) is 76.3 Å². The Morgan fingerprint density at radius 2 is 1.53 bits per heavy atom. The Labute approximate surface area is 107 Å². The summed E-state index contributed by atoms with van der Waals surface area (Å²) in [6.07, 6.45) is 17.9. The quantitative estimate of drug-likeness (QED) is 0.500. The third-order valence-corrected chi connectivity index (χ3v) is 3.35. The zero-order valence-electron chi connectivity index (χ0n) is 11.6. The molecule has 1 aromatic heterocycles. The molecule has 97 valence electrons. The molecule has 1 rings (SSSR count). The normalized spacial score (nSPS) is 10.9. The van der Waals surface area contributed by atoms with E-state index in [0.29, 0.717) is 0 Å². The molecule has 0 amide bonds. The van der Waals surface area contributed by atoms with Crippen molar-refractivity contribution in [1.82, 2.24) is 0 Å². The average Bonchev–Trinajstić information content (AvgIpc) is 2.78. The van der Waals surface area contributed by atoms with E-state index in [0.717, 1.165) is 6.42 Å². The highest BCUT2D eigenvalue weighted by molar-refractivity contribution is 5.20. The lowest BCUT2D eigenvalue weighted by Crippen LogP contribution is -1.91. The summed E-state index contributed by atoms with van der Waals surface area (Å²) < 4.78 is 5.23. The van der Waals surface area contributed by atoms with Crippen molar-refractivity contribution in [1.29, 1.82) is 0 Å². The number of rotatable bonds is 10. The molecular formula is C16H27O. The summed E-state index contributed by atoms with van der Waals surface area (Å²) in [5.41, 5.74) is 2.73. The van der Waals surface area contributed by atoms with Gasteiger partial charge in [-0.05, 0) is 31.2 Å². The number of hydrogen-bond acceptors (Lipinski definition) is 1. The van der Waals surface area contributed by atoms with Crippen LogP contribution in [0.2, 0.25) is 0 Å². The van der Waals surface area contributed by atoms with E-state index in [-0.39, 0.29) is 0 Å².